The summed E-state index contributed by atoms with van der Waals surface area (Å²) in [5.41, 5.74) is 16.4. The highest BCUT2D eigenvalue weighted by Gasteiger charge is 2.51. The van der Waals surface area contributed by atoms with Crippen molar-refractivity contribution in [1.82, 2.24) is 15.0 Å². The van der Waals surface area contributed by atoms with Crippen molar-refractivity contribution in [2.45, 2.75) is 15.2 Å². The quantitative estimate of drug-likeness (QED) is 0.173. The Balaban J connectivity index is 0.957. The number of para-hydroxylation sites is 1. The number of aromatic nitrogens is 3. The maximum atomic E-state index is 6.50. The third-order valence-electron chi connectivity index (χ3n) is 12.8. The van der Waals surface area contributed by atoms with Crippen LogP contribution in [0.4, 0.5) is 0 Å². The van der Waals surface area contributed by atoms with E-state index in [0.717, 1.165) is 49.9 Å². The molecule has 9 aromatic carbocycles. The molecule has 63 heavy (non-hydrogen) atoms. The SMILES string of the molecule is c1ccc(-c2nc(-c3ccccc3)nc(-c3cccc(-c4cccc(-c5ccc6c(c5)C5(c7ccccc7S6)c6ccccc6-c6c5ccc5oc7ccccc7c65)c4)c3)n2)cc1. The second-order valence-corrected chi connectivity index (χ2v) is 17.3. The minimum absolute atomic E-state index is 0.528. The third-order valence-corrected chi connectivity index (χ3v) is 13.9. The number of nitrogens with zero attached hydrogens (tertiary/aromatic N) is 3. The standard InChI is InChI=1S/C58H35N3OS/c1-3-15-36(16-4-1)55-59-56(37-17-5-2-6-18-37)61-57(60-55)42-22-14-21-40(34-42)38-19-13-20-39(33-38)41-29-32-52-48(35-41)58(46-26-10-12-28-51(46)63-52)45-25-9-7-23-43(45)53-47(58)30-31-50-54(53)44-24-8-11-27-49(44)62-50/h1-35H. The zero-order chi connectivity index (χ0) is 41.5. The van der Waals surface area contributed by atoms with Gasteiger partial charge in [-0.15, -0.1) is 0 Å². The largest absolute Gasteiger partial charge is 0.456 e. The van der Waals surface area contributed by atoms with Gasteiger partial charge in [-0.2, -0.15) is 0 Å². The van der Waals surface area contributed by atoms with Gasteiger partial charge in [-0.05, 0) is 98.1 Å². The van der Waals surface area contributed by atoms with Crippen LogP contribution < -0.4 is 0 Å². The summed E-state index contributed by atoms with van der Waals surface area (Å²) < 4.78 is 6.50. The number of benzene rings is 9. The first-order valence-corrected chi connectivity index (χ1v) is 22.1. The monoisotopic (exact) mass is 821 g/mol. The summed E-state index contributed by atoms with van der Waals surface area (Å²) in [5, 5.41) is 2.33. The Hall–Kier alpha value is -7.86. The molecule has 0 bridgehead atoms. The normalized spacial score (nSPS) is 14.7. The summed E-state index contributed by atoms with van der Waals surface area (Å²) in [5.74, 6) is 1.93. The molecule has 5 heteroatoms. The van der Waals surface area contributed by atoms with Crippen molar-refractivity contribution in [3.63, 3.8) is 0 Å². The van der Waals surface area contributed by atoms with Crippen LogP contribution in [0, 0.1) is 0 Å². The zero-order valence-electron chi connectivity index (χ0n) is 33.9. The van der Waals surface area contributed by atoms with Crippen molar-refractivity contribution >= 4 is 33.7 Å². The summed E-state index contributed by atoms with van der Waals surface area (Å²) >= 11 is 1.87. The second-order valence-electron chi connectivity index (χ2n) is 16.3. The van der Waals surface area contributed by atoms with Crippen LogP contribution in [0.1, 0.15) is 22.3 Å². The van der Waals surface area contributed by atoms with Crippen LogP contribution in [-0.4, -0.2) is 15.0 Å². The van der Waals surface area contributed by atoms with Gasteiger partial charge in [0.05, 0.1) is 5.41 Å². The smallest absolute Gasteiger partial charge is 0.164 e. The number of rotatable bonds is 5. The van der Waals surface area contributed by atoms with Gasteiger partial charge in [0, 0.05) is 37.3 Å². The molecule has 0 amide bonds. The fraction of sp³-hybridized carbons (Fsp3) is 0.0172. The molecule has 0 fully saturated rings. The van der Waals surface area contributed by atoms with Gasteiger partial charge in [-0.25, -0.2) is 15.0 Å². The van der Waals surface area contributed by atoms with Gasteiger partial charge in [0.2, 0.25) is 0 Å². The average molecular weight is 822 g/mol. The first kappa shape index (κ1) is 35.9. The lowest BCUT2D eigenvalue weighted by Gasteiger charge is -2.40. The highest BCUT2D eigenvalue weighted by atomic mass is 32.2. The Labute approximate surface area is 368 Å². The van der Waals surface area contributed by atoms with Crippen molar-refractivity contribution in [1.29, 1.82) is 0 Å². The van der Waals surface area contributed by atoms with Crippen LogP contribution in [0.5, 0.6) is 0 Å². The minimum atomic E-state index is -0.528. The van der Waals surface area contributed by atoms with Crippen LogP contribution in [-0.2, 0) is 5.41 Å². The van der Waals surface area contributed by atoms with E-state index in [1.165, 1.54) is 54.1 Å². The van der Waals surface area contributed by atoms with Crippen molar-refractivity contribution in [3.8, 4) is 67.5 Å². The van der Waals surface area contributed by atoms with E-state index in [1.54, 1.807) is 0 Å². The summed E-state index contributed by atoms with van der Waals surface area (Å²) in [6.45, 7) is 0. The molecular formula is C58H35N3OS. The van der Waals surface area contributed by atoms with E-state index in [-0.39, 0.29) is 0 Å². The molecule has 0 saturated heterocycles. The molecule has 13 rings (SSSR count). The van der Waals surface area contributed by atoms with Gasteiger partial charge in [-0.1, -0.05) is 182 Å². The second kappa shape index (κ2) is 14.1. The van der Waals surface area contributed by atoms with Crippen molar-refractivity contribution in [2.75, 3.05) is 0 Å². The topological polar surface area (TPSA) is 51.8 Å². The number of fused-ring (bicyclic) bond motifs is 13. The molecule has 1 unspecified atom stereocenters. The van der Waals surface area contributed by atoms with Gasteiger partial charge in [-0.3, -0.25) is 0 Å². The highest BCUT2D eigenvalue weighted by Crippen LogP contribution is 2.64. The molecule has 4 nitrogen and oxygen atoms in total. The molecule has 11 aromatic rings. The van der Waals surface area contributed by atoms with Gasteiger partial charge in [0.25, 0.3) is 0 Å². The minimum Gasteiger partial charge on any atom is -0.456 e. The first-order valence-electron chi connectivity index (χ1n) is 21.3. The molecular weight excluding hydrogens is 787 g/mol. The van der Waals surface area contributed by atoms with Crippen LogP contribution >= 0.6 is 11.8 Å². The molecule has 0 radical (unpaired) electrons. The van der Waals surface area contributed by atoms with E-state index in [9.17, 15) is 0 Å². The zero-order valence-corrected chi connectivity index (χ0v) is 34.7. The summed E-state index contributed by atoms with van der Waals surface area (Å²) in [6.07, 6.45) is 0. The average Bonchev–Trinajstić information content (AvgIpc) is 3.88. The van der Waals surface area contributed by atoms with Gasteiger partial charge in [0.1, 0.15) is 11.2 Å². The predicted molar refractivity (Wildman–Crippen MR) is 256 cm³/mol. The molecule has 1 aliphatic heterocycles. The maximum absolute atomic E-state index is 6.50. The lowest BCUT2D eigenvalue weighted by molar-refractivity contribution is 0.668. The molecule has 3 heterocycles. The summed E-state index contributed by atoms with van der Waals surface area (Å²) in [6, 6.07) is 75.7. The summed E-state index contributed by atoms with van der Waals surface area (Å²) in [4.78, 5) is 17.5. The van der Waals surface area contributed by atoms with Crippen LogP contribution in [0.3, 0.4) is 0 Å². The van der Waals surface area contributed by atoms with E-state index in [1.807, 2.05) is 72.4 Å². The number of hydrogen-bond donors (Lipinski definition) is 0. The highest BCUT2D eigenvalue weighted by molar-refractivity contribution is 7.99. The fourth-order valence-electron chi connectivity index (χ4n) is 10.0. The fourth-order valence-corrected chi connectivity index (χ4v) is 11.2. The number of furan rings is 1. The molecule has 0 saturated carbocycles. The molecule has 1 spiro atoms. The number of hydrogen-bond acceptors (Lipinski definition) is 5. The van der Waals surface area contributed by atoms with Crippen LogP contribution in [0.2, 0.25) is 0 Å². The van der Waals surface area contributed by atoms with E-state index in [4.69, 9.17) is 19.4 Å². The van der Waals surface area contributed by atoms with E-state index < -0.39 is 5.41 Å². The Bertz CT molecular complexity index is 3560. The van der Waals surface area contributed by atoms with E-state index in [0.29, 0.717) is 17.5 Å². The van der Waals surface area contributed by atoms with E-state index >= 15 is 0 Å². The lowest BCUT2D eigenvalue weighted by atomic mass is 9.67. The molecule has 1 aliphatic carbocycles. The predicted octanol–water partition coefficient (Wildman–Crippen LogP) is 14.9. The molecule has 2 aromatic heterocycles. The lowest BCUT2D eigenvalue weighted by Crippen LogP contribution is -2.32. The molecule has 294 valence electrons. The van der Waals surface area contributed by atoms with Crippen LogP contribution in [0.15, 0.2) is 227 Å². The Morgan fingerprint density at radius 1 is 0.349 bits per heavy atom. The van der Waals surface area contributed by atoms with Crippen molar-refractivity contribution in [3.05, 3.63) is 235 Å². The van der Waals surface area contributed by atoms with Crippen LogP contribution in [0.25, 0.3) is 89.5 Å². The first-order chi connectivity index (χ1) is 31.2. The molecule has 1 atom stereocenters. The van der Waals surface area contributed by atoms with Crippen molar-refractivity contribution < 1.29 is 4.42 Å². The van der Waals surface area contributed by atoms with Gasteiger partial charge in [0.15, 0.2) is 17.5 Å². The van der Waals surface area contributed by atoms with E-state index in [2.05, 4.69) is 152 Å². The van der Waals surface area contributed by atoms with Crippen molar-refractivity contribution in [2.24, 2.45) is 0 Å². The third kappa shape index (κ3) is 5.53. The Kier molecular flexibility index (Phi) is 8.02. The summed E-state index contributed by atoms with van der Waals surface area (Å²) in [7, 11) is 0. The van der Waals surface area contributed by atoms with Gasteiger partial charge >= 0.3 is 0 Å². The van der Waals surface area contributed by atoms with Gasteiger partial charge < -0.3 is 4.42 Å². The molecule has 2 aliphatic rings. The maximum Gasteiger partial charge on any atom is 0.164 e. The Morgan fingerprint density at radius 2 is 0.889 bits per heavy atom. The molecule has 0 N–H and O–H groups in total. The Morgan fingerprint density at radius 3 is 1.62 bits per heavy atom.